The van der Waals surface area contributed by atoms with Gasteiger partial charge < -0.3 is 16.4 Å². The zero-order valence-corrected chi connectivity index (χ0v) is 17.7. The molecule has 1 aromatic heterocycles. The molecule has 7 nitrogen and oxygen atoms in total. The number of rotatable bonds is 7. The second-order valence-corrected chi connectivity index (χ2v) is 7.91. The van der Waals surface area contributed by atoms with Crippen molar-refractivity contribution in [1.82, 2.24) is 20.5 Å². The van der Waals surface area contributed by atoms with Crippen LogP contribution in [0, 0.1) is 0 Å². The highest BCUT2D eigenvalue weighted by molar-refractivity contribution is 5.90. The number of hydrogen-bond donors (Lipinski definition) is 3. The van der Waals surface area contributed by atoms with Crippen LogP contribution in [0.4, 0.5) is 19.0 Å². The SMILES string of the molecule is CN1CCCC1C(=O)N[C@@H](Cc1cccc(C(F)(F)F)c1)C(=O)NCc1ccc(N)nc1. The average Bonchev–Trinajstić information content (AvgIpc) is 3.18. The second kappa shape index (κ2) is 9.99. The van der Waals surface area contributed by atoms with Gasteiger partial charge in [0.2, 0.25) is 11.8 Å². The highest BCUT2D eigenvalue weighted by Crippen LogP contribution is 2.29. The molecule has 3 rings (SSSR count). The van der Waals surface area contributed by atoms with E-state index in [1.165, 1.54) is 18.3 Å². The third kappa shape index (κ3) is 6.19. The zero-order chi connectivity index (χ0) is 23.3. The topological polar surface area (TPSA) is 100 Å². The van der Waals surface area contributed by atoms with Crippen molar-refractivity contribution in [3.63, 3.8) is 0 Å². The first-order valence-corrected chi connectivity index (χ1v) is 10.3. The van der Waals surface area contributed by atoms with Crippen molar-refractivity contribution in [3.05, 3.63) is 59.3 Å². The molecule has 10 heteroatoms. The molecule has 0 spiro atoms. The van der Waals surface area contributed by atoms with Crippen molar-refractivity contribution < 1.29 is 22.8 Å². The van der Waals surface area contributed by atoms with E-state index in [1.807, 2.05) is 11.9 Å². The maximum Gasteiger partial charge on any atom is 0.416 e. The van der Waals surface area contributed by atoms with E-state index >= 15 is 0 Å². The van der Waals surface area contributed by atoms with Gasteiger partial charge in [0.25, 0.3) is 0 Å². The van der Waals surface area contributed by atoms with Crippen LogP contribution in [-0.2, 0) is 28.7 Å². The molecule has 2 atom stereocenters. The van der Waals surface area contributed by atoms with Gasteiger partial charge in [-0.15, -0.1) is 0 Å². The highest BCUT2D eigenvalue weighted by atomic mass is 19.4. The maximum absolute atomic E-state index is 13.1. The molecule has 1 saturated heterocycles. The van der Waals surface area contributed by atoms with Crippen molar-refractivity contribution in [2.75, 3.05) is 19.3 Å². The number of halogens is 3. The number of hydrogen-bond acceptors (Lipinski definition) is 5. The fraction of sp³-hybridized carbons (Fsp3) is 0.409. The van der Waals surface area contributed by atoms with E-state index < -0.39 is 23.7 Å². The Labute approximate surface area is 184 Å². The van der Waals surface area contributed by atoms with Crippen LogP contribution >= 0.6 is 0 Å². The minimum atomic E-state index is -4.49. The number of benzene rings is 1. The van der Waals surface area contributed by atoms with Crippen LogP contribution in [0.15, 0.2) is 42.6 Å². The smallest absolute Gasteiger partial charge is 0.384 e. The van der Waals surface area contributed by atoms with Crippen LogP contribution < -0.4 is 16.4 Å². The predicted molar refractivity (Wildman–Crippen MR) is 113 cm³/mol. The number of amides is 2. The molecule has 1 aliphatic rings. The molecular weight excluding hydrogens is 423 g/mol. The summed E-state index contributed by atoms with van der Waals surface area (Å²) in [5.41, 5.74) is 5.75. The molecule has 0 saturated carbocycles. The average molecular weight is 449 g/mol. The number of pyridine rings is 1. The van der Waals surface area contributed by atoms with Gasteiger partial charge in [-0.1, -0.05) is 24.3 Å². The number of carbonyl (C=O) groups is 2. The molecule has 2 amide bonds. The van der Waals surface area contributed by atoms with Gasteiger partial charge in [0.05, 0.1) is 11.6 Å². The number of alkyl halides is 3. The summed E-state index contributed by atoms with van der Waals surface area (Å²) in [6.45, 7) is 0.914. The monoisotopic (exact) mass is 449 g/mol. The Kier molecular flexibility index (Phi) is 7.34. The summed E-state index contributed by atoms with van der Waals surface area (Å²) in [4.78, 5) is 31.5. The van der Waals surface area contributed by atoms with Crippen LogP contribution in [0.2, 0.25) is 0 Å². The standard InChI is InChI=1S/C22H26F3N5O2/c1-30-9-3-6-18(30)21(32)29-17(11-14-4-2-5-16(10-14)22(23,24)25)20(31)28-13-15-7-8-19(26)27-12-15/h2,4-5,7-8,10,12,17-18H,3,6,9,11,13H2,1H3,(H2,26,27)(H,28,31)(H,29,32)/t17-,18?/m0/s1. The fourth-order valence-corrected chi connectivity index (χ4v) is 3.68. The Morgan fingerprint density at radius 1 is 1.25 bits per heavy atom. The lowest BCUT2D eigenvalue weighted by Crippen LogP contribution is -2.52. The minimum Gasteiger partial charge on any atom is -0.384 e. The maximum atomic E-state index is 13.1. The van der Waals surface area contributed by atoms with E-state index in [0.717, 1.165) is 25.1 Å². The quantitative estimate of drug-likeness (QED) is 0.601. The Hall–Kier alpha value is -3.14. The normalized spacial score (nSPS) is 17.7. The molecule has 2 heterocycles. The van der Waals surface area contributed by atoms with Gasteiger partial charge in [0, 0.05) is 19.2 Å². The van der Waals surface area contributed by atoms with Crippen LogP contribution in [-0.4, -0.2) is 47.4 Å². The van der Waals surface area contributed by atoms with Gasteiger partial charge >= 0.3 is 6.18 Å². The molecule has 4 N–H and O–H groups in total. The van der Waals surface area contributed by atoms with Gasteiger partial charge in [-0.25, -0.2) is 4.98 Å². The molecule has 32 heavy (non-hydrogen) atoms. The molecule has 1 unspecified atom stereocenters. The first-order valence-electron chi connectivity index (χ1n) is 10.3. The van der Waals surface area contributed by atoms with E-state index in [1.54, 1.807) is 12.1 Å². The molecule has 0 radical (unpaired) electrons. The molecular formula is C22H26F3N5O2. The first kappa shape index (κ1) is 23.5. The number of likely N-dealkylation sites (tertiary alicyclic amines) is 1. The summed E-state index contributed by atoms with van der Waals surface area (Å²) >= 11 is 0. The van der Waals surface area contributed by atoms with Crippen LogP contribution in [0.1, 0.15) is 29.5 Å². The predicted octanol–water partition coefficient (Wildman–Crippen LogP) is 2.12. The molecule has 1 fully saturated rings. The summed E-state index contributed by atoms with van der Waals surface area (Å²) in [7, 11) is 1.83. The molecule has 1 aliphatic heterocycles. The van der Waals surface area contributed by atoms with E-state index in [9.17, 15) is 22.8 Å². The largest absolute Gasteiger partial charge is 0.416 e. The van der Waals surface area contributed by atoms with E-state index in [4.69, 9.17) is 5.73 Å². The van der Waals surface area contributed by atoms with Crippen molar-refractivity contribution in [3.8, 4) is 0 Å². The van der Waals surface area contributed by atoms with Gasteiger partial charge in [0.1, 0.15) is 11.9 Å². The number of anilines is 1. The van der Waals surface area contributed by atoms with Gasteiger partial charge in [-0.05, 0) is 49.7 Å². The van der Waals surface area contributed by atoms with E-state index in [2.05, 4.69) is 15.6 Å². The van der Waals surface area contributed by atoms with Crippen LogP contribution in [0.5, 0.6) is 0 Å². The summed E-state index contributed by atoms with van der Waals surface area (Å²) in [6.07, 6.45) is -1.52. The molecule has 1 aromatic carbocycles. The number of nitrogens with one attached hydrogen (secondary N) is 2. The number of nitrogens with two attached hydrogens (primary N) is 1. The number of nitrogen functional groups attached to an aromatic ring is 1. The lowest BCUT2D eigenvalue weighted by Gasteiger charge is -2.24. The summed E-state index contributed by atoms with van der Waals surface area (Å²) in [6, 6.07) is 6.68. The highest BCUT2D eigenvalue weighted by Gasteiger charge is 2.33. The van der Waals surface area contributed by atoms with Crippen molar-refractivity contribution in [2.24, 2.45) is 0 Å². The Bertz CT molecular complexity index is 949. The lowest BCUT2D eigenvalue weighted by molar-refractivity contribution is -0.137. The Balaban J connectivity index is 1.74. The Morgan fingerprint density at radius 3 is 2.66 bits per heavy atom. The molecule has 172 valence electrons. The summed E-state index contributed by atoms with van der Waals surface area (Å²) < 4.78 is 39.3. The van der Waals surface area contributed by atoms with Crippen LogP contribution in [0.3, 0.4) is 0 Å². The van der Waals surface area contributed by atoms with Gasteiger partial charge in [-0.3, -0.25) is 14.5 Å². The van der Waals surface area contributed by atoms with Crippen molar-refractivity contribution >= 4 is 17.6 Å². The second-order valence-electron chi connectivity index (χ2n) is 7.91. The van der Waals surface area contributed by atoms with Crippen molar-refractivity contribution in [1.29, 1.82) is 0 Å². The fourth-order valence-electron chi connectivity index (χ4n) is 3.68. The number of nitrogens with zero attached hydrogens (tertiary/aromatic N) is 2. The number of likely N-dealkylation sites (N-methyl/N-ethyl adjacent to an activating group) is 1. The Morgan fingerprint density at radius 2 is 2.03 bits per heavy atom. The lowest BCUT2D eigenvalue weighted by atomic mass is 10.0. The summed E-state index contributed by atoms with van der Waals surface area (Å²) in [5.74, 6) is -0.463. The minimum absolute atomic E-state index is 0.0715. The van der Waals surface area contributed by atoms with Gasteiger partial charge in [0.15, 0.2) is 0 Å². The molecule has 0 bridgehead atoms. The number of carbonyl (C=O) groups excluding carboxylic acids is 2. The van der Waals surface area contributed by atoms with E-state index in [-0.39, 0.29) is 24.9 Å². The molecule has 0 aliphatic carbocycles. The first-order chi connectivity index (χ1) is 15.1. The summed E-state index contributed by atoms with van der Waals surface area (Å²) in [5, 5.41) is 5.45. The van der Waals surface area contributed by atoms with Gasteiger partial charge in [-0.2, -0.15) is 13.2 Å². The van der Waals surface area contributed by atoms with Crippen molar-refractivity contribution in [2.45, 2.75) is 44.1 Å². The zero-order valence-electron chi connectivity index (χ0n) is 17.7. The molecule has 2 aromatic rings. The third-order valence-electron chi connectivity index (χ3n) is 5.46. The van der Waals surface area contributed by atoms with Crippen LogP contribution in [0.25, 0.3) is 0 Å². The third-order valence-corrected chi connectivity index (χ3v) is 5.46. The number of aromatic nitrogens is 1. The van der Waals surface area contributed by atoms with E-state index in [0.29, 0.717) is 23.4 Å².